The molecule has 0 saturated carbocycles. The summed E-state index contributed by atoms with van der Waals surface area (Å²) in [7, 11) is 0.0374. The molecule has 0 unspecified atom stereocenters. The topological polar surface area (TPSA) is 46.2 Å². The minimum absolute atomic E-state index is 1.09. The highest BCUT2D eigenvalue weighted by atomic mass is 35.7. The standard InChI is InChI=1S/C3H8ClNO2S/c1-3(2)5-8(4,6)7/h3,5H,1-2H3/i1D3,2D3,3D. The SMILES string of the molecule is [2H]C([2H])([2H])C([2H])(NS(=O)(=O)Cl)C([2H])([2H])[2H]. The van der Waals surface area contributed by atoms with Crippen LogP contribution in [-0.2, 0) is 9.24 Å². The molecule has 0 rings (SSSR count). The van der Waals surface area contributed by atoms with Crippen molar-refractivity contribution in [1.82, 2.24) is 4.72 Å². The Kier molecular flexibility index (Phi) is 0.701. The Labute approximate surface area is 63.4 Å². The van der Waals surface area contributed by atoms with E-state index in [9.17, 15) is 8.42 Å². The zero-order valence-corrected chi connectivity index (χ0v) is 5.18. The first kappa shape index (κ1) is 2.11. The molecule has 0 aromatic rings. The first-order chi connectivity index (χ1) is 6.21. The lowest BCUT2D eigenvalue weighted by atomic mass is 10.4. The maximum atomic E-state index is 10.6. The molecule has 0 bridgehead atoms. The Morgan fingerprint density at radius 2 is 2.38 bits per heavy atom. The van der Waals surface area contributed by atoms with Crippen LogP contribution in [-0.4, -0.2) is 14.4 Å². The van der Waals surface area contributed by atoms with E-state index < -0.39 is 29.0 Å². The minimum atomic E-state index is -4.63. The third-order valence-corrected chi connectivity index (χ3v) is 0.903. The number of hydrogen-bond donors (Lipinski definition) is 1. The van der Waals surface area contributed by atoms with E-state index >= 15 is 0 Å². The van der Waals surface area contributed by atoms with Crippen LogP contribution < -0.4 is 4.72 Å². The molecule has 0 fully saturated rings. The third-order valence-electron chi connectivity index (χ3n) is 0.224. The van der Waals surface area contributed by atoms with E-state index in [4.69, 9.17) is 9.60 Å². The summed E-state index contributed by atoms with van der Waals surface area (Å²) in [5.41, 5.74) is 0. The second-order valence-electron chi connectivity index (χ2n) is 0.915. The van der Waals surface area contributed by atoms with Gasteiger partial charge < -0.3 is 0 Å². The minimum Gasteiger partial charge on any atom is -0.200 e. The Morgan fingerprint density at radius 1 is 1.88 bits per heavy atom. The molecule has 0 atom stereocenters. The molecule has 0 aliphatic carbocycles. The van der Waals surface area contributed by atoms with Crippen LogP contribution >= 0.6 is 10.7 Å². The molecule has 0 aromatic heterocycles. The summed E-state index contributed by atoms with van der Waals surface area (Å²) < 4.78 is 70.4. The fourth-order valence-electron chi connectivity index (χ4n) is 0.122. The summed E-state index contributed by atoms with van der Waals surface area (Å²) >= 11 is 0. The Hall–Kier alpha value is 0.200. The largest absolute Gasteiger partial charge is 0.297 e. The van der Waals surface area contributed by atoms with Gasteiger partial charge in [0.15, 0.2) is 0 Å². The van der Waals surface area contributed by atoms with Gasteiger partial charge in [-0.1, -0.05) is 0 Å². The maximum absolute atomic E-state index is 10.6. The lowest BCUT2D eigenvalue weighted by Crippen LogP contribution is -2.25. The van der Waals surface area contributed by atoms with Crippen molar-refractivity contribution >= 4 is 19.9 Å². The van der Waals surface area contributed by atoms with Gasteiger partial charge in [0, 0.05) is 26.3 Å². The van der Waals surface area contributed by atoms with Crippen LogP contribution in [0.4, 0.5) is 0 Å². The molecule has 0 aromatic carbocycles. The van der Waals surface area contributed by atoms with E-state index in [2.05, 4.69) is 10.7 Å². The van der Waals surface area contributed by atoms with Gasteiger partial charge >= 0.3 is 0 Å². The summed E-state index contributed by atoms with van der Waals surface area (Å²) in [5, 5.41) is 0. The normalized spacial score (nSPS) is 29.9. The first-order valence-corrected chi connectivity index (χ1v) is 3.75. The van der Waals surface area contributed by atoms with Gasteiger partial charge in [-0.2, -0.15) is 13.1 Å². The zero-order chi connectivity index (χ0) is 12.7. The zero-order valence-electron chi connectivity index (χ0n) is 10.6. The van der Waals surface area contributed by atoms with Crippen LogP contribution in [0.15, 0.2) is 0 Å². The maximum Gasteiger partial charge on any atom is 0.297 e. The van der Waals surface area contributed by atoms with E-state index in [0.29, 0.717) is 0 Å². The monoisotopic (exact) mass is 164 g/mol. The Bertz CT molecular complexity index is 317. The molecule has 0 heterocycles. The predicted molar refractivity (Wildman–Crippen MR) is 33.0 cm³/mol. The molecule has 0 saturated heterocycles. The van der Waals surface area contributed by atoms with Gasteiger partial charge in [-0.15, -0.1) is 0 Å². The fraction of sp³-hybridized carbons (Fsp3) is 1.00. The van der Waals surface area contributed by atoms with E-state index in [1.807, 2.05) is 0 Å². The van der Waals surface area contributed by atoms with Gasteiger partial charge in [0.1, 0.15) is 0 Å². The number of halogens is 1. The third kappa shape index (κ3) is 6.20. The molecule has 0 aliphatic heterocycles. The van der Waals surface area contributed by atoms with Crippen molar-refractivity contribution in [3.05, 3.63) is 0 Å². The molecule has 0 radical (unpaired) electrons. The number of rotatable bonds is 2. The molecule has 5 heteroatoms. The van der Waals surface area contributed by atoms with E-state index in [1.165, 1.54) is 0 Å². The summed E-state index contributed by atoms with van der Waals surface area (Å²) in [6.07, 6.45) is 0. The van der Waals surface area contributed by atoms with E-state index in [0.717, 1.165) is 4.72 Å². The molecule has 0 aliphatic rings. The van der Waals surface area contributed by atoms with Gasteiger partial charge in [0.05, 0.1) is 0 Å². The molecule has 1 N–H and O–H groups in total. The summed E-state index contributed by atoms with van der Waals surface area (Å²) in [6, 6.07) is -3.36. The quantitative estimate of drug-likeness (QED) is 0.604. The van der Waals surface area contributed by atoms with Crippen LogP contribution in [0.5, 0.6) is 0 Å². The Morgan fingerprint density at radius 3 is 2.50 bits per heavy atom. The van der Waals surface area contributed by atoms with Crippen molar-refractivity contribution in [2.75, 3.05) is 0 Å². The smallest absolute Gasteiger partial charge is 0.200 e. The molecular weight excluding hydrogens is 150 g/mol. The highest BCUT2D eigenvalue weighted by Crippen LogP contribution is 1.91. The van der Waals surface area contributed by atoms with Crippen LogP contribution in [0.25, 0.3) is 0 Å². The van der Waals surface area contributed by atoms with Gasteiger partial charge in [-0.25, -0.2) is 0 Å². The second-order valence-corrected chi connectivity index (χ2v) is 3.21. The van der Waals surface area contributed by atoms with Crippen LogP contribution in [0, 0.1) is 0 Å². The van der Waals surface area contributed by atoms with Crippen LogP contribution in [0.3, 0.4) is 0 Å². The van der Waals surface area contributed by atoms with Crippen molar-refractivity contribution in [1.29, 1.82) is 0 Å². The number of nitrogens with one attached hydrogen (secondary N) is 1. The van der Waals surface area contributed by atoms with Gasteiger partial charge in [-0.05, 0) is 13.7 Å². The molecule has 3 nitrogen and oxygen atoms in total. The van der Waals surface area contributed by atoms with Crippen molar-refractivity contribution < 1.29 is 18.0 Å². The molecule has 50 valence electrons. The van der Waals surface area contributed by atoms with Crippen molar-refractivity contribution in [2.45, 2.75) is 19.7 Å². The van der Waals surface area contributed by atoms with E-state index in [1.54, 1.807) is 0 Å². The second kappa shape index (κ2) is 2.66. The average molecular weight is 165 g/mol. The Balaban J connectivity index is 5.45. The van der Waals surface area contributed by atoms with Crippen LogP contribution in [0.1, 0.15) is 23.3 Å². The van der Waals surface area contributed by atoms with Gasteiger partial charge in [0.25, 0.3) is 9.24 Å². The average Bonchev–Trinajstić information content (AvgIpc) is 1.77. The predicted octanol–water partition coefficient (Wildman–Crippen LogP) is 0.468. The summed E-state index contributed by atoms with van der Waals surface area (Å²) in [6.45, 7) is -6.75. The lowest BCUT2D eigenvalue weighted by molar-refractivity contribution is 0.584. The van der Waals surface area contributed by atoms with Gasteiger partial charge in [-0.3, -0.25) is 0 Å². The number of hydrogen-bond acceptors (Lipinski definition) is 2. The fourth-order valence-corrected chi connectivity index (χ4v) is 0.597. The van der Waals surface area contributed by atoms with Crippen molar-refractivity contribution in [3.8, 4) is 0 Å². The van der Waals surface area contributed by atoms with Crippen molar-refractivity contribution in [2.24, 2.45) is 0 Å². The lowest BCUT2D eigenvalue weighted by Gasteiger charge is -2.00. The van der Waals surface area contributed by atoms with Crippen molar-refractivity contribution in [3.63, 3.8) is 0 Å². The van der Waals surface area contributed by atoms with E-state index in [-0.39, 0.29) is 0 Å². The summed E-state index contributed by atoms with van der Waals surface area (Å²) in [4.78, 5) is 0. The molecule has 0 spiro atoms. The highest BCUT2D eigenvalue weighted by Gasteiger charge is 2.03. The highest BCUT2D eigenvalue weighted by molar-refractivity contribution is 8.12. The summed E-state index contributed by atoms with van der Waals surface area (Å²) in [5.74, 6) is 0. The van der Waals surface area contributed by atoms with Crippen LogP contribution in [0.2, 0.25) is 0 Å². The molecule has 0 amide bonds. The molecular formula is C3H8ClNO2S. The first-order valence-electron chi connectivity index (χ1n) is 4.94. The molecule has 8 heavy (non-hydrogen) atoms. The van der Waals surface area contributed by atoms with Gasteiger partial charge in [0.2, 0.25) is 0 Å².